The SMILES string of the molecule is C=C/C=C(\C=C/C)c1ccc(N(C2=CC=C(c3ccccc3)CC2)c2ccc3c4cc5c(cc4n(-c4ccccc4)c3c2)-c2ccccc2C52c3ccccc3-c3ccccc32)cc1. The molecule has 3 aliphatic rings. The number of aromatic nitrogens is 1. The maximum absolute atomic E-state index is 3.98. The summed E-state index contributed by atoms with van der Waals surface area (Å²) >= 11 is 0. The van der Waals surface area contributed by atoms with Gasteiger partial charge in [0.15, 0.2) is 0 Å². The normalized spacial score (nSPS) is 14.6. The van der Waals surface area contributed by atoms with Gasteiger partial charge in [0, 0.05) is 33.5 Å². The van der Waals surface area contributed by atoms with Crippen LogP contribution in [0.3, 0.4) is 0 Å². The number of hydrogen-bond donors (Lipinski definition) is 0. The van der Waals surface area contributed by atoms with E-state index in [1.54, 1.807) is 0 Å². The van der Waals surface area contributed by atoms with Crippen LogP contribution in [0.2, 0.25) is 0 Å². The van der Waals surface area contributed by atoms with Gasteiger partial charge in [-0.25, -0.2) is 0 Å². The second-order valence-electron chi connectivity index (χ2n) is 17.1. The van der Waals surface area contributed by atoms with E-state index >= 15 is 0 Å². The van der Waals surface area contributed by atoms with Gasteiger partial charge in [-0.2, -0.15) is 0 Å². The Hall–Kier alpha value is -7.94. The molecule has 3 aliphatic carbocycles. The Labute approximate surface area is 375 Å². The summed E-state index contributed by atoms with van der Waals surface area (Å²) in [6.07, 6.45) is 14.7. The standard InChI is InChI=1S/C62H46N2/c1-3-17-42(18-4-2)44-29-33-47(34-30-44)63(48-35-31-45(32-36-48)43-19-7-5-8-20-43)49-37-38-53-55-40-59-54(41-61(55)64(60(53)39-49)46-21-9-6-10-22-46)52-25-13-16-28-58(52)62(59)56-26-14-11-23-50(56)51-24-12-15-27-57(51)62/h3-31,33-35,37-41H,1,32,36H2,2H3/b18-4-,42-17+. The molecule has 64 heavy (non-hydrogen) atoms. The molecule has 0 amide bonds. The first kappa shape index (κ1) is 37.8. The van der Waals surface area contributed by atoms with Crippen molar-refractivity contribution >= 4 is 44.3 Å². The van der Waals surface area contributed by atoms with Gasteiger partial charge >= 0.3 is 0 Å². The third kappa shape index (κ3) is 5.65. The van der Waals surface area contributed by atoms with Crippen LogP contribution >= 0.6 is 0 Å². The Morgan fingerprint density at radius 3 is 1.77 bits per heavy atom. The second-order valence-corrected chi connectivity index (χ2v) is 17.1. The summed E-state index contributed by atoms with van der Waals surface area (Å²) in [7, 11) is 0. The lowest BCUT2D eigenvalue weighted by Gasteiger charge is -2.30. The molecule has 0 atom stereocenters. The summed E-state index contributed by atoms with van der Waals surface area (Å²) < 4.78 is 2.49. The van der Waals surface area contributed by atoms with Crippen LogP contribution in [0.1, 0.15) is 53.1 Å². The molecule has 304 valence electrons. The molecule has 0 unspecified atom stereocenters. The zero-order valence-corrected chi connectivity index (χ0v) is 35.9. The van der Waals surface area contributed by atoms with Crippen LogP contribution in [0.25, 0.3) is 60.9 Å². The van der Waals surface area contributed by atoms with E-state index in [9.17, 15) is 0 Å². The number of rotatable bonds is 8. The summed E-state index contributed by atoms with van der Waals surface area (Å²) in [5.74, 6) is 0. The lowest BCUT2D eigenvalue weighted by atomic mass is 9.70. The number of fused-ring (bicyclic) bond motifs is 13. The van der Waals surface area contributed by atoms with Crippen LogP contribution in [0.4, 0.5) is 11.4 Å². The predicted octanol–water partition coefficient (Wildman–Crippen LogP) is 16.2. The predicted molar refractivity (Wildman–Crippen MR) is 270 cm³/mol. The number of para-hydroxylation sites is 1. The largest absolute Gasteiger partial charge is 0.314 e. The van der Waals surface area contributed by atoms with Gasteiger partial charge < -0.3 is 9.47 Å². The van der Waals surface area contributed by atoms with Gasteiger partial charge in [0.05, 0.1) is 16.4 Å². The molecule has 8 aromatic carbocycles. The van der Waals surface area contributed by atoms with Crippen LogP contribution in [0.15, 0.2) is 237 Å². The average molecular weight is 819 g/mol. The molecule has 0 saturated heterocycles. The monoisotopic (exact) mass is 818 g/mol. The van der Waals surface area contributed by atoms with Crippen molar-refractivity contribution < 1.29 is 0 Å². The Morgan fingerprint density at radius 1 is 0.547 bits per heavy atom. The van der Waals surface area contributed by atoms with Crippen molar-refractivity contribution in [2.24, 2.45) is 0 Å². The van der Waals surface area contributed by atoms with Gasteiger partial charge in [-0.3, -0.25) is 0 Å². The molecule has 1 aromatic heterocycles. The molecule has 0 aliphatic heterocycles. The van der Waals surface area contributed by atoms with E-state index in [0.717, 1.165) is 41.0 Å². The molecule has 12 rings (SSSR count). The summed E-state index contributed by atoms with van der Waals surface area (Å²) in [5.41, 5.74) is 22.3. The Kier molecular flexibility index (Phi) is 8.95. The maximum Gasteiger partial charge on any atom is 0.0725 e. The summed E-state index contributed by atoms with van der Waals surface area (Å²) in [6, 6.07) is 70.1. The summed E-state index contributed by atoms with van der Waals surface area (Å²) in [5, 5.41) is 2.49. The van der Waals surface area contributed by atoms with Crippen molar-refractivity contribution in [1.29, 1.82) is 0 Å². The fourth-order valence-electron chi connectivity index (χ4n) is 11.1. The molecular weight excluding hydrogens is 773 g/mol. The van der Waals surface area contributed by atoms with Crippen molar-refractivity contribution in [1.82, 2.24) is 4.57 Å². The third-order valence-corrected chi connectivity index (χ3v) is 13.8. The fourth-order valence-corrected chi connectivity index (χ4v) is 11.1. The molecule has 0 radical (unpaired) electrons. The van der Waals surface area contributed by atoms with Crippen LogP contribution in [-0.4, -0.2) is 4.57 Å². The zero-order chi connectivity index (χ0) is 42.8. The second kappa shape index (κ2) is 15.1. The fraction of sp³-hybridized carbons (Fsp3) is 0.0645. The lowest BCUT2D eigenvalue weighted by Crippen LogP contribution is -2.25. The number of anilines is 2. The molecule has 2 nitrogen and oxygen atoms in total. The van der Waals surface area contributed by atoms with E-state index in [4.69, 9.17) is 0 Å². The molecule has 0 bridgehead atoms. The zero-order valence-electron chi connectivity index (χ0n) is 35.9. The van der Waals surface area contributed by atoms with Crippen molar-refractivity contribution in [3.05, 3.63) is 270 Å². The van der Waals surface area contributed by atoms with Crippen LogP contribution < -0.4 is 4.90 Å². The average Bonchev–Trinajstić information content (AvgIpc) is 3.95. The minimum Gasteiger partial charge on any atom is -0.314 e. The molecule has 1 heterocycles. The molecule has 9 aromatic rings. The first-order valence-electron chi connectivity index (χ1n) is 22.5. The smallest absolute Gasteiger partial charge is 0.0725 e. The van der Waals surface area contributed by atoms with Gasteiger partial charge in [0.2, 0.25) is 0 Å². The highest BCUT2D eigenvalue weighted by molar-refractivity contribution is 6.13. The molecule has 0 N–H and O–H groups in total. The Morgan fingerprint density at radius 2 is 1.14 bits per heavy atom. The quantitative estimate of drug-likeness (QED) is 0.139. The highest BCUT2D eigenvalue weighted by Gasteiger charge is 2.51. The van der Waals surface area contributed by atoms with Gasteiger partial charge in [-0.05, 0) is 141 Å². The van der Waals surface area contributed by atoms with Crippen molar-refractivity contribution in [2.75, 3.05) is 4.90 Å². The Bertz CT molecular complexity index is 3400. The third-order valence-electron chi connectivity index (χ3n) is 13.8. The maximum atomic E-state index is 3.98. The number of allylic oxidation sites excluding steroid dienone is 9. The van der Waals surface area contributed by atoms with Gasteiger partial charge in [0.25, 0.3) is 0 Å². The van der Waals surface area contributed by atoms with E-state index in [0.29, 0.717) is 0 Å². The first-order chi connectivity index (χ1) is 31.7. The lowest BCUT2D eigenvalue weighted by molar-refractivity contribution is 0.795. The minimum absolute atomic E-state index is 0.412. The van der Waals surface area contributed by atoms with E-state index in [1.165, 1.54) is 83.1 Å². The molecule has 2 heteroatoms. The van der Waals surface area contributed by atoms with Crippen molar-refractivity contribution in [3.8, 4) is 27.9 Å². The molecule has 0 fully saturated rings. The highest BCUT2D eigenvalue weighted by atomic mass is 15.2. The van der Waals surface area contributed by atoms with Gasteiger partial charge in [-0.15, -0.1) is 0 Å². The van der Waals surface area contributed by atoms with E-state index < -0.39 is 5.41 Å². The van der Waals surface area contributed by atoms with Crippen molar-refractivity contribution in [2.45, 2.75) is 25.2 Å². The van der Waals surface area contributed by atoms with Gasteiger partial charge in [-0.1, -0.05) is 176 Å². The van der Waals surface area contributed by atoms with Crippen LogP contribution in [0, 0.1) is 0 Å². The van der Waals surface area contributed by atoms with E-state index in [1.807, 2.05) is 6.08 Å². The van der Waals surface area contributed by atoms with Crippen molar-refractivity contribution in [3.63, 3.8) is 0 Å². The summed E-state index contributed by atoms with van der Waals surface area (Å²) in [4.78, 5) is 2.47. The molecular formula is C62H46N2. The van der Waals surface area contributed by atoms with Crippen LogP contribution in [-0.2, 0) is 5.41 Å². The molecule has 1 spiro atoms. The topological polar surface area (TPSA) is 8.17 Å². The number of nitrogens with zero attached hydrogens (tertiary/aromatic N) is 2. The Balaban J connectivity index is 1.10. The first-order valence-corrected chi connectivity index (χ1v) is 22.5. The van der Waals surface area contributed by atoms with E-state index in [2.05, 4.69) is 241 Å². The summed E-state index contributed by atoms with van der Waals surface area (Å²) in [6.45, 7) is 6.04. The van der Waals surface area contributed by atoms with E-state index in [-0.39, 0.29) is 0 Å². The van der Waals surface area contributed by atoms with Crippen LogP contribution in [0.5, 0.6) is 0 Å². The number of benzene rings is 8. The highest BCUT2D eigenvalue weighted by Crippen LogP contribution is 2.63. The van der Waals surface area contributed by atoms with Gasteiger partial charge in [0.1, 0.15) is 0 Å². The minimum atomic E-state index is -0.412. The molecule has 0 saturated carbocycles. The number of hydrogen-bond acceptors (Lipinski definition) is 1.